The van der Waals surface area contributed by atoms with Gasteiger partial charge in [-0.25, -0.2) is 8.98 Å². The van der Waals surface area contributed by atoms with Gasteiger partial charge in [-0.05, 0) is 59.9 Å². The second-order valence-corrected chi connectivity index (χ2v) is 27.7. The van der Waals surface area contributed by atoms with Crippen LogP contribution in [0.2, 0.25) is 5.04 Å². The van der Waals surface area contributed by atoms with Crippen molar-refractivity contribution in [1.29, 1.82) is 0 Å². The van der Waals surface area contributed by atoms with Crippen molar-refractivity contribution in [3.05, 3.63) is 251 Å². The maximum atomic E-state index is 14.5. The van der Waals surface area contributed by atoms with E-state index in [0.717, 1.165) is 43.8 Å². The number of carbonyl (C=O) groups is 1. The Morgan fingerprint density at radius 3 is 1.61 bits per heavy atom. The Labute approximate surface area is 508 Å². The summed E-state index contributed by atoms with van der Waals surface area (Å²) in [6, 6.07) is 62.0. The predicted molar refractivity (Wildman–Crippen MR) is 327 cm³/mol. The normalized spacial score (nSPS) is 22.9. The van der Waals surface area contributed by atoms with Crippen LogP contribution in [0.5, 0.6) is 0 Å². The van der Waals surface area contributed by atoms with E-state index in [9.17, 15) is 23.3 Å². The van der Waals surface area contributed by atoms with Crippen LogP contribution in [0.15, 0.2) is 218 Å². The van der Waals surface area contributed by atoms with Gasteiger partial charge in [-0.15, -0.1) is 6.58 Å². The van der Waals surface area contributed by atoms with Crippen LogP contribution in [0, 0.1) is 0 Å². The van der Waals surface area contributed by atoms with Crippen molar-refractivity contribution in [2.45, 2.75) is 113 Å². The van der Waals surface area contributed by atoms with E-state index >= 15 is 0 Å². The van der Waals surface area contributed by atoms with E-state index < -0.39 is 91.3 Å². The predicted octanol–water partition coefficient (Wildman–Crippen LogP) is 11.2. The first kappa shape index (κ1) is 62.7. The largest absolute Gasteiger partial charge is 0.508 e. The third kappa shape index (κ3) is 15.1. The molecule has 10 atom stereocenters. The number of hydrogen-bond donors (Lipinski definition) is 1. The topological polar surface area (TPSA) is 222 Å². The molecule has 87 heavy (non-hydrogen) atoms. The molecule has 2 saturated heterocycles. The minimum atomic E-state index is -5.45. The van der Waals surface area contributed by atoms with E-state index in [-0.39, 0.29) is 52.2 Å². The highest BCUT2D eigenvalue weighted by atomic mass is 32.3. The fourth-order valence-electron chi connectivity index (χ4n) is 11.8. The summed E-state index contributed by atoms with van der Waals surface area (Å²) in [4.78, 5) is 17.8. The van der Waals surface area contributed by atoms with Gasteiger partial charge in [0.05, 0.1) is 39.6 Å². The standard InChI is InChI=1S/C67H71N3O15SSi/c1-5-39-76-64-58(69-70-68)61(77-41-47-27-13-7-14-28-47)59(57(81-64)45-80-87(67(2,3)4,49-31-17-9-18-32-49)50-33-19-10-20-34-50)83-65-63(85-86(72,73)74)62(78-42-48-29-15-8-16-30-48)60(56(82-65)44-75-40-46-25-11-6-12-26-46)84-66(71)79-43-55-53-37-23-21-35-51(53)52-36-22-24-38-54(52)55/h5-38,55-65H,1,39-45H2,2-4H3,(H,72,73,74)/t56-,57+,58+,59+,60+,61+,62-,63+,64+,65-/m0/s1. The molecular weight excluding hydrogens is 1150 g/mol. The van der Waals surface area contributed by atoms with Crippen molar-refractivity contribution in [2.75, 3.05) is 26.4 Å². The summed E-state index contributed by atoms with van der Waals surface area (Å²) in [5, 5.41) is 5.60. The molecular formula is C67H71N3O15SSi. The molecule has 0 amide bonds. The molecule has 10 rings (SSSR count). The molecule has 1 aliphatic carbocycles. The second-order valence-electron chi connectivity index (χ2n) is 22.4. The molecule has 0 saturated carbocycles. The molecule has 18 nitrogen and oxygen atoms in total. The van der Waals surface area contributed by atoms with E-state index in [1.165, 1.54) is 6.08 Å². The minimum absolute atomic E-state index is 0.0342. The van der Waals surface area contributed by atoms with Gasteiger partial charge in [-0.3, -0.25) is 4.55 Å². The average Bonchev–Trinajstić information content (AvgIpc) is 2.56. The molecule has 3 aliphatic rings. The van der Waals surface area contributed by atoms with Crippen LogP contribution in [0.25, 0.3) is 21.6 Å². The first-order valence-corrected chi connectivity index (χ1v) is 32.1. The van der Waals surface area contributed by atoms with Crippen molar-refractivity contribution >= 4 is 35.2 Å². The van der Waals surface area contributed by atoms with Crippen LogP contribution in [0.3, 0.4) is 0 Å². The Kier molecular flexibility index (Phi) is 21.0. The maximum absolute atomic E-state index is 14.5. The van der Waals surface area contributed by atoms with Gasteiger partial charge < -0.3 is 47.1 Å². The Morgan fingerprint density at radius 1 is 0.609 bits per heavy atom. The fourth-order valence-corrected chi connectivity index (χ4v) is 16.9. The quantitative estimate of drug-likeness (QED) is 0.0101. The molecule has 20 heteroatoms. The zero-order valence-corrected chi connectivity index (χ0v) is 50.4. The zero-order chi connectivity index (χ0) is 60.8. The number of rotatable bonds is 26. The summed E-state index contributed by atoms with van der Waals surface area (Å²) < 4.78 is 111. The van der Waals surface area contributed by atoms with Gasteiger partial charge in [-0.1, -0.05) is 232 Å². The van der Waals surface area contributed by atoms with E-state index in [1.54, 1.807) is 24.3 Å². The van der Waals surface area contributed by atoms with E-state index in [4.69, 9.17) is 51.2 Å². The SMILES string of the molecule is C=CCO[C@@H]1O[C@H](CO[Si](c2ccccc2)(c2ccccc2)C(C)(C)C)[C@@H](O[C@@H]2O[C@@H](COCc3ccccc3)[C@@H](OC(=O)OCC3c4ccccc4-c4ccccc43)[C@H](OCc3ccccc3)[C@H]2OS(=O)(=O)O)[C@H](OCc2ccccc2)[C@H]1N=[N+]=[N-]. The Balaban J connectivity index is 1.07. The number of carbonyl (C=O) groups excluding carboxylic acids is 1. The first-order valence-electron chi connectivity index (χ1n) is 28.8. The van der Waals surface area contributed by atoms with Crippen molar-refractivity contribution in [1.82, 2.24) is 0 Å². The molecule has 7 aromatic carbocycles. The number of nitrogens with zero attached hydrogens (tertiary/aromatic N) is 3. The van der Waals surface area contributed by atoms with Gasteiger partial charge in [0.2, 0.25) is 0 Å². The first-order chi connectivity index (χ1) is 42.2. The molecule has 454 valence electrons. The van der Waals surface area contributed by atoms with Crippen molar-refractivity contribution in [2.24, 2.45) is 5.11 Å². The molecule has 2 aliphatic heterocycles. The van der Waals surface area contributed by atoms with Gasteiger partial charge in [0.15, 0.2) is 24.8 Å². The number of fused-ring (bicyclic) bond motifs is 3. The van der Waals surface area contributed by atoms with Gasteiger partial charge in [0.1, 0.15) is 43.2 Å². The van der Waals surface area contributed by atoms with Crippen LogP contribution >= 0.6 is 0 Å². The minimum Gasteiger partial charge on any atom is -0.433 e. The Bertz CT molecular complexity index is 3430. The van der Waals surface area contributed by atoms with Crippen molar-refractivity contribution in [3.63, 3.8) is 0 Å². The van der Waals surface area contributed by atoms with Gasteiger partial charge in [-0.2, -0.15) is 8.42 Å². The van der Waals surface area contributed by atoms with Gasteiger partial charge in [0, 0.05) is 10.8 Å². The third-order valence-electron chi connectivity index (χ3n) is 15.7. The number of azide groups is 1. The summed E-state index contributed by atoms with van der Waals surface area (Å²) in [7, 11) is -8.85. The summed E-state index contributed by atoms with van der Waals surface area (Å²) in [6.45, 7) is 9.35. The Morgan fingerprint density at radius 2 is 1.09 bits per heavy atom. The number of hydrogen-bond acceptors (Lipinski definition) is 15. The molecule has 7 aromatic rings. The Hall–Kier alpha value is -7.37. The molecule has 0 unspecified atom stereocenters. The van der Waals surface area contributed by atoms with Crippen LogP contribution in [0.4, 0.5) is 4.79 Å². The molecule has 0 bridgehead atoms. The maximum Gasteiger partial charge on any atom is 0.508 e. The lowest BCUT2D eigenvalue weighted by Crippen LogP contribution is -2.69. The highest BCUT2D eigenvalue weighted by Gasteiger charge is 2.57. The monoisotopic (exact) mass is 1220 g/mol. The van der Waals surface area contributed by atoms with Crippen molar-refractivity contribution in [3.8, 4) is 11.1 Å². The van der Waals surface area contributed by atoms with E-state index in [1.807, 2.05) is 176 Å². The summed E-state index contributed by atoms with van der Waals surface area (Å²) >= 11 is 0. The van der Waals surface area contributed by atoms with Gasteiger partial charge in [0.25, 0.3) is 8.32 Å². The summed E-state index contributed by atoms with van der Waals surface area (Å²) in [6.07, 6.45) is -13.3. The summed E-state index contributed by atoms with van der Waals surface area (Å²) in [5.74, 6) is -0.352. The lowest BCUT2D eigenvalue weighted by atomic mass is 9.95. The molecule has 1 N–H and O–H groups in total. The average molecular weight is 1220 g/mol. The molecule has 0 spiro atoms. The zero-order valence-electron chi connectivity index (χ0n) is 48.6. The molecule has 0 aromatic heterocycles. The van der Waals surface area contributed by atoms with E-state index in [0.29, 0.717) is 5.56 Å². The summed E-state index contributed by atoms with van der Waals surface area (Å²) in [5.41, 5.74) is 16.4. The van der Waals surface area contributed by atoms with E-state index in [2.05, 4.69) is 37.4 Å². The van der Waals surface area contributed by atoms with Crippen LogP contribution in [0.1, 0.15) is 54.5 Å². The highest BCUT2D eigenvalue weighted by molar-refractivity contribution is 7.80. The smallest absolute Gasteiger partial charge is 0.433 e. The van der Waals surface area contributed by atoms with Gasteiger partial charge >= 0.3 is 16.6 Å². The molecule has 0 radical (unpaired) electrons. The lowest BCUT2D eigenvalue weighted by molar-refractivity contribution is -0.351. The fraction of sp³-hybridized carbons (Fsp3) is 0.328. The van der Waals surface area contributed by atoms with Crippen LogP contribution in [-0.4, -0.2) is 115 Å². The highest BCUT2D eigenvalue weighted by Crippen LogP contribution is 2.45. The third-order valence-corrected chi connectivity index (χ3v) is 21.2. The molecule has 2 heterocycles. The number of benzene rings is 7. The van der Waals surface area contributed by atoms with Crippen LogP contribution < -0.4 is 10.4 Å². The second kappa shape index (κ2) is 29.1. The molecule has 2 fully saturated rings. The van der Waals surface area contributed by atoms with Crippen LogP contribution in [-0.2, 0) is 81.5 Å². The lowest BCUT2D eigenvalue weighted by Gasteiger charge is -2.50. The van der Waals surface area contributed by atoms with Crippen molar-refractivity contribution < 1.29 is 69.0 Å². The number of ether oxygens (including phenoxy) is 9.